The van der Waals surface area contributed by atoms with Crippen molar-refractivity contribution in [3.05, 3.63) is 70.4 Å². The van der Waals surface area contributed by atoms with Crippen LogP contribution in [0.25, 0.3) is 10.8 Å². The second-order valence-corrected chi connectivity index (χ2v) is 7.51. The van der Waals surface area contributed by atoms with E-state index in [2.05, 4.69) is 5.10 Å². The average Bonchev–Trinajstić information content (AvgIpc) is 2.63. The molecule has 1 N–H and O–H groups in total. The van der Waals surface area contributed by atoms with Crippen LogP contribution in [0.1, 0.15) is 5.56 Å². The summed E-state index contributed by atoms with van der Waals surface area (Å²) in [5, 5.41) is 4.44. The molecular formula is C17H11F4N3O4S. The lowest BCUT2D eigenvalue weighted by atomic mass is 10.2. The van der Waals surface area contributed by atoms with Crippen molar-refractivity contribution < 1.29 is 30.8 Å². The number of amides is 1. The molecule has 0 aliphatic heterocycles. The van der Waals surface area contributed by atoms with E-state index < -0.39 is 50.5 Å². The SMILES string of the molecule is O=C(Cn1ncc2ccccc2c1=O)NS(=O)(=O)c1ccc(F)cc1C(F)(F)F. The van der Waals surface area contributed by atoms with Crippen LogP contribution >= 0.6 is 0 Å². The van der Waals surface area contributed by atoms with Crippen LogP contribution in [0.5, 0.6) is 0 Å². The zero-order valence-corrected chi connectivity index (χ0v) is 15.1. The van der Waals surface area contributed by atoms with Gasteiger partial charge < -0.3 is 0 Å². The summed E-state index contributed by atoms with van der Waals surface area (Å²) in [6.45, 7) is -0.856. The average molecular weight is 429 g/mol. The van der Waals surface area contributed by atoms with Crippen molar-refractivity contribution >= 4 is 26.7 Å². The molecule has 12 heteroatoms. The predicted octanol–water partition coefficient (Wildman–Crippen LogP) is 2.06. The quantitative estimate of drug-likeness (QED) is 0.641. The van der Waals surface area contributed by atoms with Crippen LogP contribution in [0.2, 0.25) is 0 Å². The monoisotopic (exact) mass is 429 g/mol. The van der Waals surface area contributed by atoms with E-state index in [1.807, 2.05) is 0 Å². The van der Waals surface area contributed by atoms with Gasteiger partial charge in [0, 0.05) is 5.39 Å². The van der Waals surface area contributed by atoms with E-state index in [1.54, 1.807) is 18.2 Å². The van der Waals surface area contributed by atoms with E-state index in [0.717, 1.165) is 0 Å². The Morgan fingerprint density at radius 3 is 2.52 bits per heavy atom. The third-order valence-corrected chi connectivity index (χ3v) is 5.27. The molecular weight excluding hydrogens is 418 g/mol. The van der Waals surface area contributed by atoms with Crippen LogP contribution in [0.15, 0.2) is 58.4 Å². The van der Waals surface area contributed by atoms with Gasteiger partial charge in [-0.1, -0.05) is 18.2 Å². The summed E-state index contributed by atoms with van der Waals surface area (Å²) in [6, 6.07) is 7.23. The summed E-state index contributed by atoms with van der Waals surface area (Å²) < 4.78 is 78.9. The minimum atomic E-state index is -5.17. The van der Waals surface area contributed by atoms with E-state index >= 15 is 0 Å². The smallest absolute Gasteiger partial charge is 0.272 e. The van der Waals surface area contributed by atoms with Crippen LogP contribution in [0.3, 0.4) is 0 Å². The second kappa shape index (κ2) is 7.28. The number of carbonyl (C=O) groups excluding carboxylic acids is 1. The Labute approximate surface area is 160 Å². The summed E-state index contributed by atoms with van der Waals surface area (Å²) in [7, 11) is -4.99. The lowest BCUT2D eigenvalue weighted by Crippen LogP contribution is -2.37. The lowest BCUT2D eigenvalue weighted by molar-refractivity contribution is -0.140. The normalized spacial score (nSPS) is 12.1. The van der Waals surface area contributed by atoms with Gasteiger partial charge in [0.15, 0.2) is 0 Å². The summed E-state index contributed by atoms with van der Waals surface area (Å²) in [6.07, 6.45) is -3.90. The van der Waals surface area contributed by atoms with Crippen LogP contribution in [-0.2, 0) is 27.5 Å². The van der Waals surface area contributed by atoms with E-state index in [4.69, 9.17) is 0 Å². The molecule has 0 unspecified atom stereocenters. The molecule has 0 saturated carbocycles. The van der Waals surface area contributed by atoms with E-state index in [9.17, 15) is 35.6 Å². The van der Waals surface area contributed by atoms with Crippen molar-refractivity contribution in [1.29, 1.82) is 0 Å². The summed E-state index contributed by atoms with van der Waals surface area (Å²) in [5.74, 6) is -2.60. The fourth-order valence-electron chi connectivity index (χ4n) is 2.57. The van der Waals surface area contributed by atoms with Gasteiger partial charge >= 0.3 is 6.18 Å². The number of rotatable bonds is 4. The number of hydrogen-bond acceptors (Lipinski definition) is 5. The molecule has 3 rings (SSSR count). The van der Waals surface area contributed by atoms with E-state index in [1.165, 1.54) is 17.0 Å². The van der Waals surface area contributed by atoms with E-state index in [0.29, 0.717) is 22.2 Å². The zero-order chi connectivity index (χ0) is 21.4. The van der Waals surface area contributed by atoms with Gasteiger partial charge in [0.25, 0.3) is 21.5 Å². The largest absolute Gasteiger partial charge is 0.417 e. The molecule has 0 aliphatic rings. The van der Waals surface area contributed by atoms with Crippen molar-refractivity contribution in [3.8, 4) is 0 Å². The first-order chi connectivity index (χ1) is 13.5. The Balaban J connectivity index is 1.90. The number of nitrogens with one attached hydrogen (secondary N) is 1. The van der Waals surface area contributed by atoms with Crippen molar-refractivity contribution in [3.63, 3.8) is 0 Å². The lowest BCUT2D eigenvalue weighted by Gasteiger charge is -2.14. The predicted molar refractivity (Wildman–Crippen MR) is 92.7 cm³/mol. The van der Waals surface area contributed by atoms with Crippen molar-refractivity contribution in [2.45, 2.75) is 17.6 Å². The fourth-order valence-corrected chi connectivity index (χ4v) is 3.76. The minimum Gasteiger partial charge on any atom is -0.272 e. The highest BCUT2D eigenvalue weighted by Gasteiger charge is 2.38. The third kappa shape index (κ3) is 4.26. The van der Waals surface area contributed by atoms with Crippen LogP contribution in [-0.4, -0.2) is 24.1 Å². The summed E-state index contributed by atoms with van der Waals surface area (Å²) in [4.78, 5) is 23.1. The molecule has 7 nitrogen and oxygen atoms in total. The Morgan fingerprint density at radius 2 is 1.83 bits per heavy atom. The molecule has 29 heavy (non-hydrogen) atoms. The number of aromatic nitrogens is 2. The molecule has 0 bridgehead atoms. The molecule has 1 aromatic heterocycles. The number of hydrogen-bond donors (Lipinski definition) is 1. The Bertz CT molecular complexity index is 1270. The Morgan fingerprint density at radius 1 is 1.14 bits per heavy atom. The molecule has 0 atom stereocenters. The van der Waals surface area contributed by atoms with Crippen molar-refractivity contribution in [2.24, 2.45) is 0 Å². The second-order valence-electron chi connectivity index (χ2n) is 5.86. The number of sulfonamides is 1. The van der Waals surface area contributed by atoms with Gasteiger partial charge in [-0.25, -0.2) is 22.2 Å². The van der Waals surface area contributed by atoms with Crippen LogP contribution < -0.4 is 10.3 Å². The summed E-state index contributed by atoms with van der Waals surface area (Å²) >= 11 is 0. The Hall–Kier alpha value is -3.28. The molecule has 3 aromatic rings. The molecule has 2 aromatic carbocycles. The number of benzene rings is 2. The third-order valence-electron chi connectivity index (χ3n) is 3.84. The molecule has 0 aliphatic carbocycles. The number of alkyl halides is 3. The first-order valence-electron chi connectivity index (χ1n) is 7.86. The molecule has 152 valence electrons. The molecule has 0 fully saturated rings. The fraction of sp³-hybridized carbons (Fsp3) is 0.118. The van der Waals surface area contributed by atoms with Gasteiger partial charge in [-0.15, -0.1) is 0 Å². The molecule has 1 heterocycles. The standard InChI is InChI=1S/C17H11F4N3O4S/c18-11-5-6-14(13(7-11)17(19,20)21)29(27,28)23-15(25)9-24-16(26)12-4-2-1-3-10(12)8-22-24/h1-8H,9H2,(H,23,25). The molecule has 0 saturated heterocycles. The Kier molecular flexibility index (Phi) is 5.13. The van der Waals surface area contributed by atoms with Gasteiger partial charge in [-0.2, -0.15) is 18.3 Å². The van der Waals surface area contributed by atoms with Gasteiger partial charge in [0.1, 0.15) is 12.4 Å². The minimum absolute atomic E-state index is 0.00836. The van der Waals surface area contributed by atoms with Crippen LogP contribution in [0, 0.1) is 5.82 Å². The first kappa shape index (κ1) is 20.5. The van der Waals surface area contributed by atoms with Gasteiger partial charge in [0.05, 0.1) is 22.0 Å². The highest BCUT2D eigenvalue weighted by Crippen LogP contribution is 2.34. The maximum Gasteiger partial charge on any atom is 0.417 e. The van der Waals surface area contributed by atoms with Gasteiger partial charge in [-0.3, -0.25) is 9.59 Å². The van der Waals surface area contributed by atoms with Gasteiger partial charge in [-0.05, 0) is 24.3 Å². The number of nitrogens with zero attached hydrogens (tertiary/aromatic N) is 2. The topological polar surface area (TPSA) is 98.1 Å². The highest BCUT2D eigenvalue weighted by atomic mass is 32.2. The first-order valence-corrected chi connectivity index (χ1v) is 9.34. The molecule has 1 amide bonds. The highest BCUT2D eigenvalue weighted by molar-refractivity contribution is 7.90. The molecule has 0 radical (unpaired) electrons. The van der Waals surface area contributed by atoms with E-state index in [-0.39, 0.29) is 11.5 Å². The number of carbonyl (C=O) groups is 1. The van der Waals surface area contributed by atoms with Gasteiger partial charge in [0.2, 0.25) is 0 Å². The maximum absolute atomic E-state index is 13.2. The van der Waals surface area contributed by atoms with Crippen molar-refractivity contribution in [1.82, 2.24) is 14.5 Å². The maximum atomic E-state index is 13.2. The van der Waals surface area contributed by atoms with Crippen molar-refractivity contribution in [2.75, 3.05) is 0 Å². The van der Waals surface area contributed by atoms with Crippen LogP contribution in [0.4, 0.5) is 17.6 Å². The number of halogens is 4. The molecule has 0 spiro atoms. The summed E-state index contributed by atoms with van der Waals surface area (Å²) in [5.41, 5.74) is -2.45. The number of fused-ring (bicyclic) bond motifs is 1. The zero-order valence-electron chi connectivity index (χ0n) is 14.3.